The molecule has 26 heavy (non-hydrogen) atoms. The monoisotopic (exact) mass is 371 g/mol. The second kappa shape index (κ2) is 6.92. The molecule has 3 rings (SSSR count). The summed E-state index contributed by atoms with van der Waals surface area (Å²) in [5.41, 5.74) is 3.58. The lowest BCUT2D eigenvalue weighted by Crippen LogP contribution is -2.41. The Hall–Kier alpha value is -2.67. The highest BCUT2D eigenvalue weighted by Crippen LogP contribution is 2.22. The van der Waals surface area contributed by atoms with Crippen molar-refractivity contribution >= 4 is 33.1 Å². The summed E-state index contributed by atoms with van der Waals surface area (Å²) in [7, 11) is 0. The van der Waals surface area contributed by atoms with Crippen molar-refractivity contribution in [2.24, 2.45) is 0 Å². The Kier molecular flexibility index (Phi) is 4.82. The first-order valence-electron chi connectivity index (χ1n) is 8.42. The normalized spacial score (nSPS) is 11.1. The van der Waals surface area contributed by atoms with Crippen molar-refractivity contribution in [3.05, 3.63) is 61.1 Å². The van der Waals surface area contributed by atoms with Crippen LogP contribution in [0, 0.1) is 20.8 Å². The van der Waals surface area contributed by atoms with Gasteiger partial charge in [0.15, 0.2) is 0 Å². The summed E-state index contributed by atoms with van der Waals surface area (Å²) >= 11 is 1.28. The number of amides is 1. The maximum Gasteiger partial charge on any atom is 0.331 e. The van der Waals surface area contributed by atoms with E-state index in [0.717, 1.165) is 26.9 Å². The van der Waals surface area contributed by atoms with Gasteiger partial charge in [-0.05, 0) is 50.3 Å². The van der Waals surface area contributed by atoms with Gasteiger partial charge in [-0.15, -0.1) is 11.3 Å². The van der Waals surface area contributed by atoms with E-state index in [1.54, 1.807) is 18.4 Å². The molecule has 0 aliphatic carbocycles. The first-order chi connectivity index (χ1) is 12.3. The second-order valence-electron chi connectivity index (χ2n) is 6.37. The molecule has 0 spiro atoms. The third kappa shape index (κ3) is 3.10. The van der Waals surface area contributed by atoms with Gasteiger partial charge in [0.2, 0.25) is 5.91 Å². The van der Waals surface area contributed by atoms with Crippen molar-refractivity contribution in [1.29, 1.82) is 0 Å². The number of benzene rings is 1. The summed E-state index contributed by atoms with van der Waals surface area (Å²) in [6.07, 6.45) is 0. The average Bonchev–Trinajstić information content (AvgIpc) is 3.05. The van der Waals surface area contributed by atoms with Crippen LogP contribution in [0.15, 0.2) is 33.2 Å². The van der Waals surface area contributed by atoms with Crippen molar-refractivity contribution in [3.8, 4) is 0 Å². The van der Waals surface area contributed by atoms with E-state index in [0.29, 0.717) is 10.2 Å². The fraction of sp³-hybridized carbons (Fsp3) is 0.316. The summed E-state index contributed by atoms with van der Waals surface area (Å²) in [4.78, 5) is 37.6. The van der Waals surface area contributed by atoms with Gasteiger partial charge in [0.25, 0.3) is 5.56 Å². The van der Waals surface area contributed by atoms with Gasteiger partial charge in [-0.25, -0.2) is 4.79 Å². The Morgan fingerprint density at radius 1 is 1.12 bits per heavy atom. The Bertz CT molecular complexity index is 1100. The molecule has 7 heteroatoms. The van der Waals surface area contributed by atoms with Gasteiger partial charge in [-0.2, -0.15) is 0 Å². The highest BCUT2D eigenvalue weighted by atomic mass is 32.1. The predicted molar refractivity (Wildman–Crippen MR) is 105 cm³/mol. The Labute approximate surface area is 154 Å². The zero-order valence-corrected chi connectivity index (χ0v) is 16.1. The minimum absolute atomic E-state index is 0.140. The van der Waals surface area contributed by atoms with Gasteiger partial charge < -0.3 is 5.32 Å². The lowest BCUT2D eigenvalue weighted by molar-refractivity contribution is -0.116. The third-order valence-corrected chi connectivity index (χ3v) is 5.29. The van der Waals surface area contributed by atoms with Crippen molar-refractivity contribution in [3.63, 3.8) is 0 Å². The lowest BCUT2D eigenvalue weighted by Gasteiger charge is -2.14. The molecule has 0 saturated heterocycles. The number of thiophene rings is 1. The van der Waals surface area contributed by atoms with E-state index in [4.69, 9.17) is 0 Å². The molecule has 0 unspecified atom stereocenters. The van der Waals surface area contributed by atoms with Crippen LogP contribution < -0.4 is 16.6 Å². The molecule has 1 aromatic carbocycles. The molecule has 0 saturated carbocycles. The summed E-state index contributed by atoms with van der Waals surface area (Å²) in [5, 5.41) is 4.67. The van der Waals surface area contributed by atoms with E-state index >= 15 is 0 Å². The Morgan fingerprint density at radius 2 is 1.77 bits per heavy atom. The molecule has 0 aliphatic heterocycles. The molecule has 0 atom stereocenters. The molecular formula is C19H21N3O3S. The van der Waals surface area contributed by atoms with E-state index in [-0.39, 0.29) is 24.6 Å². The average molecular weight is 371 g/mol. The molecule has 2 heterocycles. The number of aromatic nitrogens is 2. The zero-order valence-electron chi connectivity index (χ0n) is 15.3. The van der Waals surface area contributed by atoms with Gasteiger partial charge in [-0.1, -0.05) is 17.7 Å². The third-order valence-electron chi connectivity index (χ3n) is 4.40. The molecule has 0 aliphatic rings. The van der Waals surface area contributed by atoms with Gasteiger partial charge in [-0.3, -0.25) is 18.7 Å². The summed E-state index contributed by atoms with van der Waals surface area (Å²) < 4.78 is 3.02. The van der Waals surface area contributed by atoms with Crippen LogP contribution in [-0.4, -0.2) is 15.0 Å². The number of anilines is 1. The smallest absolute Gasteiger partial charge is 0.324 e. The number of aryl methyl sites for hydroxylation is 3. The van der Waals surface area contributed by atoms with Crippen LogP contribution >= 0.6 is 11.3 Å². The van der Waals surface area contributed by atoms with Crippen LogP contribution in [0.2, 0.25) is 0 Å². The summed E-state index contributed by atoms with van der Waals surface area (Å²) in [5.74, 6) is -0.295. The van der Waals surface area contributed by atoms with Crippen LogP contribution in [0.3, 0.4) is 0 Å². The molecule has 0 radical (unpaired) electrons. The van der Waals surface area contributed by atoms with Crippen molar-refractivity contribution < 1.29 is 4.79 Å². The fourth-order valence-corrected chi connectivity index (χ4v) is 4.11. The minimum Gasteiger partial charge on any atom is -0.324 e. The Balaban J connectivity index is 2.00. The largest absolute Gasteiger partial charge is 0.331 e. The van der Waals surface area contributed by atoms with E-state index < -0.39 is 5.69 Å². The van der Waals surface area contributed by atoms with Crippen molar-refractivity contribution in [2.45, 2.75) is 40.8 Å². The number of rotatable bonds is 4. The summed E-state index contributed by atoms with van der Waals surface area (Å²) in [6, 6.07) is 5.71. The first-order valence-corrected chi connectivity index (χ1v) is 9.30. The standard InChI is InChI=1S/C19H21N3O3S/c1-5-21-18(24)17-14(6-7-26-17)22(19(21)25)10-15(23)20-16-12(3)8-11(2)9-13(16)4/h6-9H,5,10H2,1-4H3,(H,20,23). The Morgan fingerprint density at radius 3 is 2.38 bits per heavy atom. The fourth-order valence-electron chi connectivity index (χ4n) is 3.26. The number of nitrogens with zero attached hydrogens (tertiary/aromatic N) is 2. The second-order valence-corrected chi connectivity index (χ2v) is 7.29. The van der Waals surface area contributed by atoms with Gasteiger partial charge >= 0.3 is 5.69 Å². The van der Waals surface area contributed by atoms with E-state index in [1.165, 1.54) is 15.9 Å². The van der Waals surface area contributed by atoms with Crippen LogP contribution in [0.4, 0.5) is 5.69 Å². The van der Waals surface area contributed by atoms with Gasteiger partial charge in [0, 0.05) is 12.2 Å². The first kappa shape index (κ1) is 18.1. The highest BCUT2D eigenvalue weighted by Gasteiger charge is 2.16. The quantitative estimate of drug-likeness (QED) is 0.766. The number of carbonyl (C=O) groups is 1. The van der Waals surface area contributed by atoms with Crippen LogP contribution in [0.1, 0.15) is 23.6 Å². The number of hydrogen-bond acceptors (Lipinski definition) is 4. The number of hydrogen-bond donors (Lipinski definition) is 1. The molecule has 0 fully saturated rings. The van der Waals surface area contributed by atoms with Crippen molar-refractivity contribution in [2.75, 3.05) is 5.32 Å². The SMILES string of the molecule is CCn1c(=O)c2sccc2n(CC(=O)Nc2c(C)cc(C)cc2C)c1=O. The topological polar surface area (TPSA) is 73.1 Å². The van der Waals surface area contributed by atoms with E-state index in [2.05, 4.69) is 5.32 Å². The molecule has 6 nitrogen and oxygen atoms in total. The molecule has 136 valence electrons. The number of nitrogens with one attached hydrogen (secondary N) is 1. The lowest BCUT2D eigenvalue weighted by atomic mass is 10.1. The number of fused-ring (bicyclic) bond motifs is 1. The van der Waals surface area contributed by atoms with Gasteiger partial charge in [0.05, 0.1) is 5.52 Å². The maximum atomic E-state index is 12.6. The van der Waals surface area contributed by atoms with Crippen LogP contribution in [0.5, 0.6) is 0 Å². The minimum atomic E-state index is -0.462. The molecule has 2 aromatic heterocycles. The molecule has 0 bridgehead atoms. The maximum absolute atomic E-state index is 12.6. The van der Waals surface area contributed by atoms with Crippen LogP contribution in [-0.2, 0) is 17.9 Å². The molecule has 3 aromatic rings. The summed E-state index contributed by atoms with van der Waals surface area (Å²) in [6.45, 7) is 7.76. The predicted octanol–water partition coefficient (Wildman–Crippen LogP) is 2.81. The van der Waals surface area contributed by atoms with E-state index in [1.807, 2.05) is 32.9 Å². The molecule has 1 N–H and O–H groups in total. The molecule has 1 amide bonds. The molecular weight excluding hydrogens is 350 g/mol. The van der Waals surface area contributed by atoms with Gasteiger partial charge in [0.1, 0.15) is 11.2 Å². The van der Waals surface area contributed by atoms with Crippen LogP contribution in [0.25, 0.3) is 10.2 Å². The highest BCUT2D eigenvalue weighted by molar-refractivity contribution is 7.17. The van der Waals surface area contributed by atoms with Crippen molar-refractivity contribution in [1.82, 2.24) is 9.13 Å². The zero-order chi connectivity index (χ0) is 19.0. The van der Waals surface area contributed by atoms with E-state index in [9.17, 15) is 14.4 Å². The number of carbonyl (C=O) groups excluding carboxylic acids is 1.